The Morgan fingerprint density at radius 2 is 1.74 bits per heavy atom. The molecule has 1 saturated heterocycles. The lowest BCUT2D eigenvalue weighted by atomic mass is 10.1. The molecule has 96 valence electrons. The quantitative estimate of drug-likeness (QED) is 0.854. The van der Waals surface area contributed by atoms with E-state index in [0.29, 0.717) is 18.9 Å². The Balaban J connectivity index is 1.82. The molecule has 2 heterocycles. The molecule has 0 bridgehead atoms. The van der Waals surface area contributed by atoms with Crippen molar-refractivity contribution in [2.75, 3.05) is 18.0 Å². The lowest BCUT2D eigenvalue weighted by Crippen LogP contribution is -2.21. The summed E-state index contributed by atoms with van der Waals surface area (Å²) in [5.74, 6) is 0.882. The van der Waals surface area contributed by atoms with Crippen LogP contribution < -0.4 is 4.90 Å². The molecule has 4 nitrogen and oxygen atoms in total. The Morgan fingerprint density at radius 3 is 2.32 bits per heavy atom. The zero-order valence-electron chi connectivity index (χ0n) is 10.2. The van der Waals surface area contributed by atoms with Gasteiger partial charge in [0.1, 0.15) is 0 Å². The summed E-state index contributed by atoms with van der Waals surface area (Å²) in [7, 11) is 0. The molecular formula is C14H12BrN3O. The third kappa shape index (κ3) is 2.66. The number of rotatable bonds is 2. The molecule has 5 heteroatoms. The molecule has 3 rings (SSSR count). The Labute approximate surface area is 119 Å². The Morgan fingerprint density at radius 1 is 1.05 bits per heavy atom. The van der Waals surface area contributed by atoms with Crippen LogP contribution in [0.2, 0.25) is 0 Å². The Kier molecular flexibility index (Phi) is 3.29. The van der Waals surface area contributed by atoms with Gasteiger partial charge in [0.05, 0.1) is 6.54 Å². The molecule has 1 aliphatic rings. The zero-order chi connectivity index (χ0) is 13.2. The highest BCUT2D eigenvalue weighted by molar-refractivity contribution is 9.10. The van der Waals surface area contributed by atoms with Gasteiger partial charge in [-0.15, -0.1) is 0 Å². The molecular weight excluding hydrogens is 306 g/mol. The molecule has 19 heavy (non-hydrogen) atoms. The van der Waals surface area contributed by atoms with Crippen molar-refractivity contribution in [3.63, 3.8) is 0 Å². The molecule has 0 saturated carbocycles. The first-order valence-electron chi connectivity index (χ1n) is 6.07. The Bertz CT molecular complexity index is 595. The smallest absolute Gasteiger partial charge is 0.225 e. The highest BCUT2D eigenvalue weighted by Crippen LogP contribution is 2.22. The van der Waals surface area contributed by atoms with Gasteiger partial charge in [0.15, 0.2) is 5.78 Å². The van der Waals surface area contributed by atoms with E-state index in [2.05, 4.69) is 25.9 Å². The molecule has 0 aliphatic carbocycles. The van der Waals surface area contributed by atoms with Crippen LogP contribution in [0, 0.1) is 0 Å². The van der Waals surface area contributed by atoms with Crippen LogP contribution >= 0.6 is 15.9 Å². The predicted octanol–water partition coefficient (Wildman–Crippen LogP) is 2.69. The summed E-state index contributed by atoms with van der Waals surface area (Å²) in [4.78, 5) is 21.8. The van der Waals surface area contributed by atoms with Crippen LogP contribution in [0.1, 0.15) is 6.42 Å². The topological polar surface area (TPSA) is 46.1 Å². The van der Waals surface area contributed by atoms with E-state index in [-0.39, 0.29) is 5.78 Å². The molecule has 1 aromatic heterocycles. The average molecular weight is 318 g/mol. The lowest BCUT2D eigenvalue weighted by molar-refractivity contribution is -0.116. The van der Waals surface area contributed by atoms with Gasteiger partial charge in [0.25, 0.3) is 0 Å². The fourth-order valence-corrected chi connectivity index (χ4v) is 2.34. The third-order valence-electron chi connectivity index (χ3n) is 3.13. The lowest BCUT2D eigenvalue weighted by Gasteiger charge is -2.13. The first-order valence-corrected chi connectivity index (χ1v) is 6.86. The van der Waals surface area contributed by atoms with Gasteiger partial charge in [-0.05, 0) is 17.7 Å². The van der Waals surface area contributed by atoms with Gasteiger partial charge in [-0.1, -0.05) is 28.1 Å². The van der Waals surface area contributed by atoms with E-state index in [4.69, 9.17) is 0 Å². The number of carbonyl (C=O) groups is 1. The number of halogens is 1. The maximum atomic E-state index is 11.2. The summed E-state index contributed by atoms with van der Waals surface area (Å²) in [6, 6.07) is 8.01. The molecule has 0 spiro atoms. The molecule has 0 N–H and O–H groups in total. The van der Waals surface area contributed by atoms with E-state index < -0.39 is 0 Å². The number of ketones is 1. The standard InChI is InChI=1S/C14H12BrN3O/c15-12-3-1-10(2-4-12)11-7-16-14(17-8-11)18-6-5-13(19)9-18/h1-4,7-8H,5-6,9H2. The maximum Gasteiger partial charge on any atom is 0.225 e. The monoisotopic (exact) mass is 317 g/mol. The highest BCUT2D eigenvalue weighted by Gasteiger charge is 2.21. The fraction of sp³-hybridized carbons (Fsp3) is 0.214. The molecule has 0 radical (unpaired) electrons. The number of aromatic nitrogens is 2. The number of hydrogen-bond donors (Lipinski definition) is 0. The number of hydrogen-bond acceptors (Lipinski definition) is 4. The molecule has 1 aliphatic heterocycles. The summed E-state index contributed by atoms with van der Waals surface area (Å²) in [6.45, 7) is 1.15. The van der Waals surface area contributed by atoms with Gasteiger partial charge in [-0.25, -0.2) is 9.97 Å². The minimum Gasteiger partial charge on any atom is -0.333 e. The van der Waals surface area contributed by atoms with Crippen LogP contribution in [-0.4, -0.2) is 28.8 Å². The van der Waals surface area contributed by atoms with E-state index >= 15 is 0 Å². The summed E-state index contributed by atoms with van der Waals surface area (Å²) in [5, 5.41) is 0. The van der Waals surface area contributed by atoms with Crippen LogP contribution in [0.3, 0.4) is 0 Å². The summed E-state index contributed by atoms with van der Waals surface area (Å²) < 4.78 is 1.05. The summed E-state index contributed by atoms with van der Waals surface area (Å²) in [5.41, 5.74) is 2.05. The van der Waals surface area contributed by atoms with Crippen molar-refractivity contribution in [2.45, 2.75) is 6.42 Å². The largest absolute Gasteiger partial charge is 0.333 e. The fourth-order valence-electron chi connectivity index (χ4n) is 2.08. The van der Waals surface area contributed by atoms with E-state index in [1.807, 2.05) is 29.2 Å². The molecule has 0 unspecified atom stereocenters. The molecule has 0 amide bonds. The number of carbonyl (C=O) groups excluding carboxylic acids is 1. The maximum absolute atomic E-state index is 11.2. The van der Waals surface area contributed by atoms with Crippen molar-refractivity contribution in [2.24, 2.45) is 0 Å². The first kappa shape index (κ1) is 12.3. The first-order chi connectivity index (χ1) is 9.22. The summed E-state index contributed by atoms with van der Waals surface area (Å²) in [6.07, 6.45) is 4.19. The van der Waals surface area contributed by atoms with Gasteiger partial charge >= 0.3 is 0 Å². The minimum absolute atomic E-state index is 0.251. The molecule has 1 fully saturated rings. The van der Waals surface area contributed by atoms with Crippen LogP contribution in [-0.2, 0) is 4.79 Å². The van der Waals surface area contributed by atoms with Gasteiger partial charge in [0.2, 0.25) is 5.95 Å². The van der Waals surface area contributed by atoms with E-state index in [9.17, 15) is 4.79 Å². The van der Waals surface area contributed by atoms with Gasteiger partial charge in [0, 0.05) is 35.4 Å². The predicted molar refractivity (Wildman–Crippen MR) is 77.0 cm³/mol. The molecule has 0 atom stereocenters. The zero-order valence-corrected chi connectivity index (χ0v) is 11.8. The second-order valence-corrected chi connectivity index (χ2v) is 5.40. The Hall–Kier alpha value is -1.75. The van der Waals surface area contributed by atoms with Crippen LogP contribution in [0.25, 0.3) is 11.1 Å². The van der Waals surface area contributed by atoms with Crippen LogP contribution in [0.4, 0.5) is 5.95 Å². The second-order valence-electron chi connectivity index (χ2n) is 4.49. The number of anilines is 1. The second kappa shape index (κ2) is 5.09. The molecule has 1 aromatic carbocycles. The minimum atomic E-state index is 0.251. The van der Waals surface area contributed by atoms with Gasteiger partial charge < -0.3 is 4.90 Å². The van der Waals surface area contributed by atoms with Crippen molar-refractivity contribution in [1.29, 1.82) is 0 Å². The van der Waals surface area contributed by atoms with Crippen molar-refractivity contribution in [1.82, 2.24) is 9.97 Å². The van der Waals surface area contributed by atoms with Gasteiger partial charge in [-0.2, -0.15) is 0 Å². The highest BCUT2D eigenvalue weighted by atomic mass is 79.9. The van der Waals surface area contributed by atoms with Crippen molar-refractivity contribution in [3.05, 3.63) is 41.1 Å². The van der Waals surface area contributed by atoms with Crippen molar-refractivity contribution >= 4 is 27.7 Å². The normalized spacial score (nSPS) is 15.0. The molecule has 2 aromatic rings. The van der Waals surface area contributed by atoms with E-state index in [1.165, 1.54) is 0 Å². The number of benzene rings is 1. The van der Waals surface area contributed by atoms with E-state index in [1.54, 1.807) is 12.4 Å². The van der Waals surface area contributed by atoms with E-state index in [0.717, 1.165) is 22.1 Å². The SMILES string of the molecule is O=C1CCN(c2ncc(-c3ccc(Br)cc3)cn2)C1. The average Bonchev–Trinajstić information content (AvgIpc) is 2.87. The number of Topliss-reactive ketones (excluding diaryl/α,β-unsaturated/α-hetero) is 1. The number of nitrogens with zero attached hydrogens (tertiary/aromatic N) is 3. The summed E-state index contributed by atoms with van der Waals surface area (Å²) >= 11 is 3.41. The van der Waals surface area contributed by atoms with Crippen LogP contribution in [0.15, 0.2) is 41.1 Å². The van der Waals surface area contributed by atoms with Crippen molar-refractivity contribution in [3.8, 4) is 11.1 Å². The van der Waals surface area contributed by atoms with Crippen LogP contribution in [0.5, 0.6) is 0 Å². The van der Waals surface area contributed by atoms with Crippen molar-refractivity contribution < 1.29 is 4.79 Å². The van der Waals surface area contributed by atoms with Gasteiger partial charge in [-0.3, -0.25) is 4.79 Å². The third-order valence-corrected chi connectivity index (χ3v) is 3.66.